The second-order valence-corrected chi connectivity index (χ2v) is 13.5. The average Bonchev–Trinajstić information content (AvgIpc) is 3.04. The first-order chi connectivity index (χ1) is 21.6. The van der Waals surface area contributed by atoms with Gasteiger partial charge in [-0.3, -0.25) is 13.9 Å². The molecular weight excluding hydrogens is 653 g/mol. The third-order valence-corrected chi connectivity index (χ3v) is 10.0. The Morgan fingerprint density at radius 1 is 0.800 bits per heavy atom. The molecule has 0 spiro atoms. The van der Waals surface area contributed by atoms with Crippen LogP contribution in [0.1, 0.15) is 30.9 Å². The average molecular weight is 687 g/mol. The maximum absolute atomic E-state index is 14.5. The van der Waals surface area contributed by atoms with Crippen LogP contribution in [0.4, 0.5) is 5.69 Å². The standard InChI is InChI=1S/C34H34Cl3N3O4S/c1-2-3-21-38-34(42)31(22-25-11-6-4-7-12-25)39(23-26-17-19-27(35)20-18-26)32(41)24-40(30-16-10-15-29(36)33(30)37)45(43,44)28-13-8-5-9-14-28/h4-20,31H,2-3,21-24H2,1H3,(H,38,42)/t31-/m1/s1. The Labute approximate surface area is 279 Å². The summed E-state index contributed by atoms with van der Waals surface area (Å²) in [6.45, 7) is 1.85. The van der Waals surface area contributed by atoms with Gasteiger partial charge in [-0.25, -0.2) is 8.42 Å². The zero-order chi connectivity index (χ0) is 32.4. The summed E-state index contributed by atoms with van der Waals surface area (Å²) in [5.74, 6) is -0.944. The molecule has 0 radical (unpaired) electrons. The van der Waals surface area contributed by atoms with Gasteiger partial charge in [-0.05, 0) is 53.9 Å². The molecule has 1 N–H and O–H groups in total. The van der Waals surface area contributed by atoms with Gasteiger partial charge in [0.2, 0.25) is 11.8 Å². The topological polar surface area (TPSA) is 86.8 Å². The summed E-state index contributed by atoms with van der Waals surface area (Å²) in [5.41, 5.74) is 1.60. The molecule has 4 aromatic carbocycles. The molecule has 0 aliphatic rings. The lowest BCUT2D eigenvalue weighted by Gasteiger charge is -2.34. The number of halogens is 3. The molecule has 0 aliphatic carbocycles. The lowest BCUT2D eigenvalue weighted by Crippen LogP contribution is -2.53. The Morgan fingerprint density at radius 2 is 1.44 bits per heavy atom. The number of nitrogens with one attached hydrogen (secondary N) is 1. The summed E-state index contributed by atoms with van der Waals surface area (Å²) < 4.78 is 29.1. The number of carbonyl (C=O) groups excluding carboxylic acids is 2. The molecule has 1 atom stereocenters. The first-order valence-corrected chi connectivity index (χ1v) is 17.1. The molecule has 0 aromatic heterocycles. The lowest BCUT2D eigenvalue weighted by molar-refractivity contribution is -0.140. The minimum Gasteiger partial charge on any atom is -0.354 e. The molecular formula is C34H34Cl3N3O4S. The Morgan fingerprint density at radius 3 is 2.09 bits per heavy atom. The molecule has 11 heteroatoms. The number of carbonyl (C=O) groups is 2. The Balaban J connectivity index is 1.81. The van der Waals surface area contributed by atoms with E-state index in [1.807, 2.05) is 37.3 Å². The first-order valence-electron chi connectivity index (χ1n) is 14.5. The van der Waals surface area contributed by atoms with Crippen LogP contribution in [-0.4, -0.2) is 44.3 Å². The number of amides is 2. The van der Waals surface area contributed by atoms with Crippen molar-refractivity contribution in [1.29, 1.82) is 0 Å². The molecule has 4 aromatic rings. The van der Waals surface area contributed by atoms with E-state index in [1.165, 1.54) is 29.2 Å². The van der Waals surface area contributed by atoms with Crippen LogP contribution >= 0.6 is 34.8 Å². The van der Waals surface area contributed by atoms with E-state index in [2.05, 4.69) is 5.32 Å². The second-order valence-electron chi connectivity index (χ2n) is 10.4. The van der Waals surface area contributed by atoms with Crippen molar-refractivity contribution in [3.05, 3.63) is 129 Å². The molecule has 0 aliphatic heterocycles. The highest BCUT2D eigenvalue weighted by Gasteiger charge is 2.35. The van der Waals surface area contributed by atoms with Crippen LogP contribution in [-0.2, 0) is 32.6 Å². The SMILES string of the molecule is CCCCNC(=O)[C@@H](Cc1ccccc1)N(Cc1ccc(Cl)cc1)C(=O)CN(c1cccc(Cl)c1Cl)S(=O)(=O)c1ccccc1. The third-order valence-electron chi connectivity index (χ3n) is 7.18. The van der Waals surface area contributed by atoms with Crippen LogP contribution in [0.3, 0.4) is 0 Å². The zero-order valence-corrected chi connectivity index (χ0v) is 27.8. The molecule has 0 fully saturated rings. The number of benzene rings is 4. The van der Waals surface area contributed by atoms with Crippen molar-refractivity contribution in [1.82, 2.24) is 10.2 Å². The van der Waals surface area contributed by atoms with E-state index in [0.29, 0.717) is 17.1 Å². The fourth-order valence-electron chi connectivity index (χ4n) is 4.76. The van der Waals surface area contributed by atoms with Gasteiger partial charge in [0, 0.05) is 24.5 Å². The fraction of sp³-hybridized carbons (Fsp3) is 0.235. The largest absolute Gasteiger partial charge is 0.354 e. The van der Waals surface area contributed by atoms with E-state index in [1.54, 1.807) is 48.5 Å². The maximum Gasteiger partial charge on any atom is 0.264 e. The van der Waals surface area contributed by atoms with Crippen LogP contribution in [0.15, 0.2) is 108 Å². The molecule has 45 heavy (non-hydrogen) atoms. The maximum atomic E-state index is 14.5. The first kappa shape index (κ1) is 34.3. The Hall–Kier alpha value is -3.56. The number of rotatable bonds is 14. The molecule has 0 saturated carbocycles. The quantitative estimate of drug-likeness (QED) is 0.140. The smallest absolute Gasteiger partial charge is 0.264 e. The molecule has 4 rings (SSSR count). The molecule has 0 unspecified atom stereocenters. The summed E-state index contributed by atoms with van der Waals surface area (Å²) >= 11 is 19.0. The minimum atomic E-state index is -4.30. The monoisotopic (exact) mass is 685 g/mol. The molecule has 236 valence electrons. The Bertz CT molecular complexity index is 1690. The van der Waals surface area contributed by atoms with E-state index in [9.17, 15) is 18.0 Å². The number of anilines is 1. The van der Waals surface area contributed by atoms with Gasteiger partial charge in [-0.1, -0.05) is 115 Å². The summed E-state index contributed by atoms with van der Waals surface area (Å²) in [6, 6.07) is 27.7. The van der Waals surface area contributed by atoms with Crippen molar-refractivity contribution in [3.8, 4) is 0 Å². The van der Waals surface area contributed by atoms with Crippen LogP contribution in [0.25, 0.3) is 0 Å². The van der Waals surface area contributed by atoms with Gasteiger partial charge < -0.3 is 10.2 Å². The van der Waals surface area contributed by atoms with Crippen LogP contribution < -0.4 is 9.62 Å². The van der Waals surface area contributed by atoms with E-state index in [-0.39, 0.29) is 39.5 Å². The lowest BCUT2D eigenvalue weighted by atomic mass is 10.0. The van der Waals surface area contributed by atoms with Crippen LogP contribution in [0.2, 0.25) is 15.1 Å². The normalized spacial score (nSPS) is 11.9. The van der Waals surface area contributed by atoms with Crippen molar-refractivity contribution in [2.24, 2.45) is 0 Å². The van der Waals surface area contributed by atoms with Crippen molar-refractivity contribution in [3.63, 3.8) is 0 Å². The van der Waals surface area contributed by atoms with Crippen molar-refractivity contribution >= 4 is 62.3 Å². The summed E-state index contributed by atoms with van der Waals surface area (Å²) in [4.78, 5) is 29.7. The molecule has 0 bridgehead atoms. The fourth-order valence-corrected chi connectivity index (χ4v) is 6.79. The zero-order valence-electron chi connectivity index (χ0n) is 24.7. The second kappa shape index (κ2) is 16.1. The van der Waals surface area contributed by atoms with Gasteiger partial charge >= 0.3 is 0 Å². The van der Waals surface area contributed by atoms with Crippen molar-refractivity contribution in [2.45, 2.75) is 43.7 Å². The highest BCUT2D eigenvalue weighted by Crippen LogP contribution is 2.35. The molecule has 0 heterocycles. The van der Waals surface area contributed by atoms with Gasteiger partial charge in [0.15, 0.2) is 0 Å². The number of unbranched alkanes of at least 4 members (excludes halogenated alkanes) is 1. The third kappa shape index (κ3) is 9.01. The summed E-state index contributed by atoms with van der Waals surface area (Å²) in [7, 11) is -4.30. The van der Waals surface area contributed by atoms with Crippen molar-refractivity contribution < 1.29 is 18.0 Å². The van der Waals surface area contributed by atoms with Crippen LogP contribution in [0, 0.1) is 0 Å². The van der Waals surface area contributed by atoms with Gasteiger partial charge in [0.05, 0.1) is 20.6 Å². The number of sulfonamides is 1. The summed E-state index contributed by atoms with van der Waals surface area (Å²) in [5, 5.41) is 3.60. The summed E-state index contributed by atoms with van der Waals surface area (Å²) in [6.07, 6.45) is 1.86. The number of nitrogens with zero attached hydrogens (tertiary/aromatic N) is 2. The highest BCUT2D eigenvalue weighted by atomic mass is 35.5. The minimum absolute atomic E-state index is 0.0196. The number of hydrogen-bond acceptors (Lipinski definition) is 4. The van der Waals surface area contributed by atoms with Gasteiger partial charge in [0.25, 0.3) is 10.0 Å². The number of hydrogen-bond donors (Lipinski definition) is 1. The molecule has 0 saturated heterocycles. The predicted molar refractivity (Wildman–Crippen MR) is 181 cm³/mol. The predicted octanol–water partition coefficient (Wildman–Crippen LogP) is 7.40. The van der Waals surface area contributed by atoms with E-state index in [0.717, 1.165) is 22.7 Å². The van der Waals surface area contributed by atoms with E-state index < -0.39 is 28.5 Å². The Kier molecular flexibility index (Phi) is 12.3. The van der Waals surface area contributed by atoms with Crippen LogP contribution in [0.5, 0.6) is 0 Å². The molecule has 7 nitrogen and oxygen atoms in total. The van der Waals surface area contributed by atoms with E-state index in [4.69, 9.17) is 34.8 Å². The molecule has 2 amide bonds. The van der Waals surface area contributed by atoms with Gasteiger partial charge in [-0.15, -0.1) is 0 Å². The van der Waals surface area contributed by atoms with Gasteiger partial charge in [-0.2, -0.15) is 0 Å². The van der Waals surface area contributed by atoms with Gasteiger partial charge in [0.1, 0.15) is 12.6 Å². The van der Waals surface area contributed by atoms with Crippen molar-refractivity contribution in [2.75, 3.05) is 17.4 Å². The van der Waals surface area contributed by atoms with E-state index >= 15 is 0 Å². The highest BCUT2D eigenvalue weighted by molar-refractivity contribution is 7.92.